The van der Waals surface area contributed by atoms with Gasteiger partial charge < -0.3 is 5.32 Å². The first-order valence-electron chi connectivity index (χ1n) is 4.93. The molecule has 0 aliphatic carbocycles. The van der Waals surface area contributed by atoms with Crippen molar-refractivity contribution in [2.75, 3.05) is 12.8 Å². The normalized spacial score (nSPS) is 23.3. The Morgan fingerprint density at radius 2 is 2.00 bits per heavy atom. The smallest absolute Gasteiger partial charge is 0.239 e. The van der Waals surface area contributed by atoms with Crippen molar-refractivity contribution in [1.29, 1.82) is 0 Å². The summed E-state index contributed by atoms with van der Waals surface area (Å²) in [6.07, 6.45) is 0. The van der Waals surface area contributed by atoms with Crippen molar-refractivity contribution in [3.8, 4) is 0 Å². The van der Waals surface area contributed by atoms with Gasteiger partial charge in [0.15, 0.2) is 5.11 Å². The maximum atomic E-state index is 11.8. The van der Waals surface area contributed by atoms with E-state index in [1.807, 2.05) is 24.3 Å². The van der Waals surface area contributed by atoms with Gasteiger partial charge in [-0.15, -0.1) is 0 Å². The van der Waals surface area contributed by atoms with Crippen molar-refractivity contribution < 1.29 is 8.42 Å². The quantitative estimate of drug-likeness (QED) is 0.591. The first-order valence-corrected chi connectivity index (χ1v) is 8.02. The largest absolute Gasteiger partial charge is 0.354 e. The van der Waals surface area contributed by atoms with Crippen molar-refractivity contribution in [3.05, 3.63) is 33.4 Å². The average Bonchev–Trinajstić information content (AvgIpc) is 2.26. The fourth-order valence-electron chi connectivity index (χ4n) is 1.61. The van der Waals surface area contributed by atoms with E-state index in [1.54, 1.807) is 0 Å². The number of hydrogen-bond acceptors (Lipinski definition) is 3. The first kappa shape index (κ1) is 13.0. The Morgan fingerprint density at radius 1 is 1.41 bits per heavy atom. The molecule has 0 saturated carbocycles. The third-order valence-electron chi connectivity index (χ3n) is 2.65. The molecule has 17 heavy (non-hydrogen) atoms. The molecule has 1 saturated heterocycles. The van der Waals surface area contributed by atoms with Crippen molar-refractivity contribution in [2.24, 2.45) is 0 Å². The summed E-state index contributed by atoms with van der Waals surface area (Å²) >= 11 is 7.22. The van der Waals surface area contributed by atoms with Gasteiger partial charge in [-0.25, -0.2) is 12.7 Å². The Labute approximate surface area is 120 Å². The van der Waals surface area contributed by atoms with Crippen LogP contribution in [0.25, 0.3) is 0 Å². The Kier molecular flexibility index (Phi) is 3.60. The summed E-state index contributed by atoms with van der Waals surface area (Å²) in [4.78, 5) is 0. The molecule has 0 aromatic heterocycles. The van der Waals surface area contributed by atoms with Crippen LogP contribution in [0.15, 0.2) is 24.3 Å². The molecule has 4 nitrogen and oxygen atoms in total. The highest BCUT2D eigenvalue weighted by Crippen LogP contribution is 2.22. The number of sulfonamides is 1. The highest BCUT2D eigenvalue weighted by Gasteiger charge is 2.32. The molecule has 1 N–H and O–H groups in total. The third-order valence-corrected chi connectivity index (χ3v) is 5.65. The van der Waals surface area contributed by atoms with E-state index in [2.05, 4.69) is 27.9 Å². The monoisotopic (exact) mass is 382 g/mol. The molecule has 1 aliphatic heterocycles. The van der Waals surface area contributed by atoms with Gasteiger partial charge in [0.1, 0.15) is 0 Å². The van der Waals surface area contributed by atoms with Crippen LogP contribution >= 0.6 is 34.8 Å². The van der Waals surface area contributed by atoms with Crippen LogP contribution in [-0.4, -0.2) is 30.6 Å². The van der Waals surface area contributed by atoms with Crippen LogP contribution in [0.1, 0.15) is 11.6 Å². The molecule has 1 aromatic rings. The van der Waals surface area contributed by atoms with E-state index in [0.29, 0.717) is 0 Å². The van der Waals surface area contributed by atoms with E-state index in [-0.39, 0.29) is 16.9 Å². The Bertz CT molecular complexity index is 542. The minimum absolute atomic E-state index is 0.0320. The molecular weight excluding hydrogens is 371 g/mol. The van der Waals surface area contributed by atoms with Crippen LogP contribution in [0.3, 0.4) is 0 Å². The van der Waals surface area contributed by atoms with Crippen LogP contribution in [0.2, 0.25) is 0 Å². The molecule has 1 atom stereocenters. The molecule has 92 valence electrons. The van der Waals surface area contributed by atoms with Crippen molar-refractivity contribution in [3.63, 3.8) is 0 Å². The lowest BCUT2D eigenvalue weighted by atomic mass is 10.1. The van der Waals surface area contributed by atoms with Crippen LogP contribution in [0.5, 0.6) is 0 Å². The van der Waals surface area contributed by atoms with Crippen LogP contribution in [0.4, 0.5) is 0 Å². The highest BCUT2D eigenvalue weighted by molar-refractivity contribution is 14.1. The number of rotatable bonds is 1. The van der Waals surface area contributed by atoms with Gasteiger partial charge in [-0.1, -0.05) is 12.1 Å². The predicted molar refractivity (Wildman–Crippen MR) is 79.2 cm³/mol. The van der Waals surface area contributed by atoms with E-state index in [9.17, 15) is 8.42 Å². The number of thiocarbonyl (C=S) groups is 1. The van der Waals surface area contributed by atoms with Crippen molar-refractivity contribution in [1.82, 2.24) is 9.62 Å². The summed E-state index contributed by atoms with van der Waals surface area (Å²) in [7, 11) is -1.82. The Morgan fingerprint density at radius 3 is 2.53 bits per heavy atom. The molecule has 0 radical (unpaired) electrons. The molecule has 1 aromatic carbocycles. The third kappa shape index (κ3) is 2.71. The van der Waals surface area contributed by atoms with Gasteiger partial charge in [0.2, 0.25) is 10.0 Å². The number of hydrogen-bond donors (Lipinski definition) is 1. The van der Waals surface area contributed by atoms with Gasteiger partial charge >= 0.3 is 0 Å². The molecule has 7 heteroatoms. The summed E-state index contributed by atoms with van der Waals surface area (Å²) in [5, 5.41) is 3.28. The molecule has 1 fully saturated rings. The Balaban J connectivity index is 2.30. The van der Waals surface area contributed by atoms with Gasteiger partial charge in [0.25, 0.3) is 0 Å². The minimum Gasteiger partial charge on any atom is -0.354 e. The van der Waals surface area contributed by atoms with Gasteiger partial charge in [0.05, 0.1) is 11.8 Å². The lowest BCUT2D eigenvalue weighted by Gasteiger charge is -2.32. The standard InChI is InChI=1S/C10H11IN2O2S2/c1-13-10(16)12-9(6-17(13,14)15)7-2-4-8(11)5-3-7/h2-5,9H,6H2,1H3,(H,12,16). The van der Waals surface area contributed by atoms with E-state index < -0.39 is 10.0 Å². The molecule has 0 spiro atoms. The van der Waals surface area contributed by atoms with E-state index >= 15 is 0 Å². The maximum Gasteiger partial charge on any atom is 0.239 e. The van der Waals surface area contributed by atoms with E-state index in [4.69, 9.17) is 12.2 Å². The molecule has 1 heterocycles. The summed E-state index contributed by atoms with van der Waals surface area (Å²) in [5.41, 5.74) is 0.935. The van der Waals surface area contributed by atoms with Crippen molar-refractivity contribution in [2.45, 2.75) is 6.04 Å². The maximum absolute atomic E-state index is 11.8. The van der Waals surface area contributed by atoms with Gasteiger partial charge in [-0.3, -0.25) is 0 Å². The van der Waals surface area contributed by atoms with E-state index in [1.165, 1.54) is 7.05 Å². The summed E-state index contributed by atoms with van der Waals surface area (Å²) < 4.78 is 25.9. The molecular formula is C10H11IN2O2S2. The lowest BCUT2D eigenvalue weighted by Crippen LogP contribution is -2.51. The predicted octanol–water partition coefficient (Wildman–Crippen LogP) is 1.48. The summed E-state index contributed by atoms with van der Waals surface area (Å²) in [6.45, 7) is 0. The first-order chi connectivity index (χ1) is 7.90. The topological polar surface area (TPSA) is 49.4 Å². The second kappa shape index (κ2) is 4.69. The molecule has 0 amide bonds. The number of benzene rings is 1. The zero-order chi connectivity index (χ0) is 12.6. The van der Waals surface area contributed by atoms with Crippen LogP contribution in [0, 0.1) is 3.57 Å². The van der Waals surface area contributed by atoms with E-state index in [0.717, 1.165) is 13.4 Å². The zero-order valence-electron chi connectivity index (χ0n) is 9.05. The number of halogens is 1. The summed E-state index contributed by atoms with van der Waals surface area (Å²) in [6, 6.07) is 7.48. The average molecular weight is 382 g/mol. The molecule has 1 unspecified atom stereocenters. The lowest BCUT2D eigenvalue weighted by molar-refractivity contribution is 0.514. The molecule has 2 rings (SSSR count). The highest BCUT2D eigenvalue weighted by atomic mass is 127. The second-order valence-corrected chi connectivity index (χ2v) is 7.48. The SMILES string of the molecule is CN1C(=S)NC(c2ccc(I)cc2)CS1(=O)=O. The minimum atomic E-state index is -3.29. The van der Waals surface area contributed by atoms with Crippen LogP contribution in [-0.2, 0) is 10.0 Å². The zero-order valence-corrected chi connectivity index (χ0v) is 12.8. The van der Waals surface area contributed by atoms with Crippen LogP contribution < -0.4 is 5.32 Å². The molecule has 0 bridgehead atoms. The summed E-state index contributed by atoms with van der Waals surface area (Å²) in [5.74, 6) is 0.0320. The van der Waals surface area contributed by atoms with Gasteiger partial charge in [0, 0.05) is 10.6 Å². The Hall–Kier alpha value is -0.410. The number of nitrogens with one attached hydrogen (secondary N) is 1. The van der Waals surface area contributed by atoms with Crippen molar-refractivity contribution >= 4 is 49.9 Å². The molecule has 1 aliphatic rings. The van der Waals surface area contributed by atoms with Gasteiger partial charge in [-0.05, 0) is 52.5 Å². The number of nitrogens with zero attached hydrogens (tertiary/aromatic N) is 1. The fraction of sp³-hybridized carbons (Fsp3) is 0.300. The fourth-order valence-corrected chi connectivity index (χ4v) is 3.67. The van der Waals surface area contributed by atoms with Gasteiger partial charge in [-0.2, -0.15) is 0 Å². The second-order valence-electron chi connectivity index (χ2n) is 3.80.